The summed E-state index contributed by atoms with van der Waals surface area (Å²) in [4.78, 5) is 10.9. The maximum absolute atomic E-state index is 10.9. The minimum absolute atomic E-state index is 0.0671. The molecule has 0 saturated carbocycles. The van der Waals surface area contributed by atoms with E-state index in [2.05, 4.69) is 0 Å². The molecule has 1 aromatic rings. The van der Waals surface area contributed by atoms with Gasteiger partial charge in [0, 0.05) is 24.8 Å². The van der Waals surface area contributed by atoms with E-state index in [-0.39, 0.29) is 18.2 Å². The molecule has 1 aliphatic rings. The van der Waals surface area contributed by atoms with Gasteiger partial charge in [0.25, 0.3) is 0 Å². The topological polar surface area (TPSA) is 35.5 Å². The van der Waals surface area contributed by atoms with E-state index in [1.165, 1.54) is 6.92 Å². The van der Waals surface area contributed by atoms with Crippen molar-refractivity contribution in [3.8, 4) is 0 Å². The fourth-order valence-corrected chi connectivity index (χ4v) is 2.32. The molecule has 1 saturated heterocycles. The molecule has 1 heterocycles. The van der Waals surface area contributed by atoms with Gasteiger partial charge in [-0.3, -0.25) is 4.79 Å². The van der Waals surface area contributed by atoms with Crippen molar-refractivity contribution in [1.29, 1.82) is 0 Å². The second-order valence-electron chi connectivity index (χ2n) is 4.14. The Hall–Kier alpha value is -1.06. The Kier molecular flexibility index (Phi) is 4.02. The van der Waals surface area contributed by atoms with Crippen LogP contribution >= 0.6 is 11.6 Å². The number of hydrogen-bond acceptors (Lipinski definition) is 3. The van der Waals surface area contributed by atoms with Crippen LogP contribution in [0.4, 0.5) is 0 Å². The number of halogens is 1. The largest absolute Gasteiger partial charge is 0.462 e. The van der Waals surface area contributed by atoms with Gasteiger partial charge in [-0.05, 0) is 11.6 Å². The normalized spacial score (nSPS) is 24.4. The number of carbonyl (C=O) groups excluding carboxylic acids is 1. The van der Waals surface area contributed by atoms with Gasteiger partial charge in [-0.1, -0.05) is 29.8 Å². The first-order valence-corrected chi connectivity index (χ1v) is 6.08. The number of carbonyl (C=O) groups is 1. The Morgan fingerprint density at radius 2 is 2.24 bits per heavy atom. The minimum atomic E-state index is -0.241. The summed E-state index contributed by atoms with van der Waals surface area (Å²) in [7, 11) is 0. The standard InChI is InChI=1S/C13H15ClO3/c1-9(15)17-10-6-7-16-13(8-10)11-4-2-3-5-12(11)14/h2-5,10,13H,6-8H2,1H3/t10-,13+/m1/s1. The summed E-state index contributed by atoms with van der Waals surface area (Å²) in [6, 6.07) is 7.61. The van der Waals surface area contributed by atoms with E-state index in [0.29, 0.717) is 18.1 Å². The van der Waals surface area contributed by atoms with E-state index in [4.69, 9.17) is 21.1 Å². The lowest BCUT2D eigenvalue weighted by molar-refractivity contribution is -0.153. The summed E-state index contributed by atoms with van der Waals surface area (Å²) >= 11 is 6.12. The Balaban J connectivity index is 2.07. The van der Waals surface area contributed by atoms with Gasteiger partial charge in [0.1, 0.15) is 6.10 Å². The molecule has 1 fully saturated rings. The smallest absolute Gasteiger partial charge is 0.302 e. The van der Waals surface area contributed by atoms with Crippen molar-refractivity contribution >= 4 is 17.6 Å². The molecule has 2 atom stereocenters. The molecule has 0 aliphatic carbocycles. The third kappa shape index (κ3) is 3.20. The van der Waals surface area contributed by atoms with Crippen molar-refractivity contribution in [1.82, 2.24) is 0 Å². The van der Waals surface area contributed by atoms with Crippen LogP contribution in [-0.4, -0.2) is 18.7 Å². The molecule has 3 nitrogen and oxygen atoms in total. The zero-order valence-electron chi connectivity index (χ0n) is 9.69. The molecule has 0 radical (unpaired) electrons. The van der Waals surface area contributed by atoms with Crippen LogP contribution in [-0.2, 0) is 14.3 Å². The number of benzene rings is 1. The Labute approximate surface area is 106 Å². The molecule has 4 heteroatoms. The highest BCUT2D eigenvalue weighted by atomic mass is 35.5. The molecule has 0 unspecified atom stereocenters. The number of ether oxygens (including phenoxy) is 2. The van der Waals surface area contributed by atoms with Crippen LogP contribution in [0.1, 0.15) is 31.4 Å². The van der Waals surface area contributed by atoms with Crippen LogP contribution in [0.25, 0.3) is 0 Å². The average Bonchev–Trinajstić information content (AvgIpc) is 2.29. The van der Waals surface area contributed by atoms with Gasteiger partial charge in [-0.25, -0.2) is 0 Å². The van der Waals surface area contributed by atoms with Gasteiger partial charge in [-0.2, -0.15) is 0 Å². The third-order valence-corrected chi connectivity index (χ3v) is 3.16. The Morgan fingerprint density at radius 1 is 1.47 bits per heavy atom. The molecule has 1 aliphatic heterocycles. The summed E-state index contributed by atoms with van der Waals surface area (Å²) < 4.78 is 10.9. The van der Waals surface area contributed by atoms with Crippen LogP contribution in [0.3, 0.4) is 0 Å². The molecule has 0 aromatic heterocycles. The zero-order valence-corrected chi connectivity index (χ0v) is 10.4. The molecule has 1 aromatic carbocycles. The number of hydrogen-bond donors (Lipinski definition) is 0. The second-order valence-corrected chi connectivity index (χ2v) is 4.54. The maximum atomic E-state index is 10.9. The molecule has 0 amide bonds. The highest BCUT2D eigenvalue weighted by molar-refractivity contribution is 6.31. The summed E-state index contributed by atoms with van der Waals surface area (Å²) in [6.45, 7) is 2.02. The molecule has 0 N–H and O–H groups in total. The van der Waals surface area contributed by atoms with Gasteiger partial charge < -0.3 is 9.47 Å². The molecule has 17 heavy (non-hydrogen) atoms. The van der Waals surface area contributed by atoms with Crippen LogP contribution in [0.5, 0.6) is 0 Å². The van der Waals surface area contributed by atoms with E-state index in [1.54, 1.807) is 0 Å². The summed E-state index contributed by atoms with van der Waals surface area (Å²) in [5, 5.41) is 0.695. The molecular formula is C13H15ClO3. The average molecular weight is 255 g/mol. The second kappa shape index (κ2) is 5.52. The molecule has 2 rings (SSSR count). The summed E-state index contributed by atoms with van der Waals surface area (Å²) in [5.41, 5.74) is 0.964. The first-order chi connectivity index (χ1) is 8.16. The predicted octanol–water partition coefficient (Wildman–Crippen LogP) is 3.12. The van der Waals surface area contributed by atoms with E-state index < -0.39 is 0 Å². The third-order valence-electron chi connectivity index (χ3n) is 2.82. The fourth-order valence-electron chi connectivity index (χ4n) is 2.06. The summed E-state index contributed by atoms with van der Waals surface area (Å²) in [5.74, 6) is -0.241. The number of esters is 1. The SMILES string of the molecule is CC(=O)O[C@@H]1CCO[C@H](c2ccccc2Cl)C1. The van der Waals surface area contributed by atoms with Crippen molar-refractivity contribution in [2.45, 2.75) is 32.0 Å². The quantitative estimate of drug-likeness (QED) is 0.761. The highest BCUT2D eigenvalue weighted by Crippen LogP contribution is 2.33. The molecule has 0 spiro atoms. The fraction of sp³-hybridized carbons (Fsp3) is 0.462. The molecular weight excluding hydrogens is 240 g/mol. The van der Waals surface area contributed by atoms with Crippen LogP contribution in [0, 0.1) is 0 Å². The van der Waals surface area contributed by atoms with Gasteiger partial charge in [0.15, 0.2) is 0 Å². The molecule has 92 valence electrons. The van der Waals surface area contributed by atoms with Gasteiger partial charge >= 0.3 is 5.97 Å². The Bertz CT molecular complexity index is 405. The Morgan fingerprint density at radius 3 is 2.94 bits per heavy atom. The van der Waals surface area contributed by atoms with Crippen molar-refractivity contribution in [2.24, 2.45) is 0 Å². The van der Waals surface area contributed by atoms with Crippen molar-refractivity contribution in [3.63, 3.8) is 0 Å². The lowest BCUT2D eigenvalue weighted by atomic mass is 9.99. The van der Waals surface area contributed by atoms with Crippen molar-refractivity contribution in [2.75, 3.05) is 6.61 Å². The monoisotopic (exact) mass is 254 g/mol. The predicted molar refractivity (Wildman–Crippen MR) is 64.9 cm³/mol. The molecule has 0 bridgehead atoms. The van der Waals surface area contributed by atoms with E-state index in [9.17, 15) is 4.79 Å². The lowest BCUT2D eigenvalue weighted by Gasteiger charge is -2.29. The maximum Gasteiger partial charge on any atom is 0.302 e. The van der Waals surface area contributed by atoms with Crippen molar-refractivity contribution in [3.05, 3.63) is 34.9 Å². The van der Waals surface area contributed by atoms with E-state index in [0.717, 1.165) is 12.0 Å². The zero-order chi connectivity index (χ0) is 12.3. The first-order valence-electron chi connectivity index (χ1n) is 5.70. The lowest BCUT2D eigenvalue weighted by Crippen LogP contribution is -2.27. The minimum Gasteiger partial charge on any atom is -0.462 e. The number of rotatable bonds is 2. The highest BCUT2D eigenvalue weighted by Gasteiger charge is 2.26. The van der Waals surface area contributed by atoms with E-state index in [1.807, 2.05) is 24.3 Å². The first kappa shape index (κ1) is 12.4. The van der Waals surface area contributed by atoms with Crippen LogP contribution in [0.2, 0.25) is 5.02 Å². The van der Waals surface area contributed by atoms with Gasteiger partial charge in [0.2, 0.25) is 0 Å². The van der Waals surface area contributed by atoms with Gasteiger partial charge in [0.05, 0.1) is 12.7 Å². The van der Waals surface area contributed by atoms with Crippen LogP contribution < -0.4 is 0 Å². The van der Waals surface area contributed by atoms with E-state index >= 15 is 0 Å². The van der Waals surface area contributed by atoms with Crippen molar-refractivity contribution < 1.29 is 14.3 Å². The van der Waals surface area contributed by atoms with Crippen LogP contribution in [0.15, 0.2) is 24.3 Å². The summed E-state index contributed by atoms with van der Waals surface area (Å²) in [6.07, 6.45) is 1.27. The van der Waals surface area contributed by atoms with Gasteiger partial charge in [-0.15, -0.1) is 0 Å².